The van der Waals surface area contributed by atoms with Gasteiger partial charge in [-0.3, -0.25) is 0 Å². The van der Waals surface area contributed by atoms with Gasteiger partial charge < -0.3 is 9.47 Å². The van der Waals surface area contributed by atoms with E-state index in [2.05, 4.69) is 20.8 Å². The van der Waals surface area contributed by atoms with Crippen molar-refractivity contribution < 1.29 is 19.2 Å². The van der Waals surface area contributed by atoms with Gasteiger partial charge in [-0.05, 0) is 49.7 Å². The van der Waals surface area contributed by atoms with E-state index in [1.807, 2.05) is 18.7 Å². The van der Waals surface area contributed by atoms with Crippen molar-refractivity contribution >= 4 is 11.8 Å². The van der Waals surface area contributed by atoms with Crippen molar-refractivity contribution in [3.05, 3.63) is 0 Å². The molecule has 5 fully saturated rings. The molecular formula is C17H28O4S. The molecule has 0 amide bonds. The van der Waals surface area contributed by atoms with Gasteiger partial charge in [-0.15, -0.1) is 11.8 Å². The molecule has 4 saturated heterocycles. The van der Waals surface area contributed by atoms with Gasteiger partial charge >= 0.3 is 0 Å². The molecule has 0 unspecified atom stereocenters. The topological polar surface area (TPSA) is 36.9 Å². The van der Waals surface area contributed by atoms with Crippen LogP contribution in [-0.4, -0.2) is 28.9 Å². The van der Waals surface area contributed by atoms with Gasteiger partial charge in [-0.25, -0.2) is 9.78 Å². The fourth-order valence-corrected chi connectivity index (χ4v) is 6.23. The number of thioether (sulfide) groups is 1. The maximum Gasteiger partial charge on any atom is 0.201 e. The van der Waals surface area contributed by atoms with Crippen LogP contribution in [0.1, 0.15) is 53.4 Å². The van der Waals surface area contributed by atoms with E-state index >= 15 is 0 Å². The first-order chi connectivity index (χ1) is 10.5. The minimum Gasteiger partial charge on any atom is -0.335 e. The van der Waals surface area contributed by atoms with E-state index in [0.717, 1.165) is 18.6 Å². The molecule has 1 spiro atoms. The van der Waals surface area contributed by atoms with Crippen molar-refractivity contribution in [2.45, 2.75) is 76.5 Å². The molecule has 0 N–H and O–H groups in total. The molecule has 4 aliphatic heterocycles. The summed E-state index contributed by atoms with van der Waals surface area (Å²) < 4.78 is 12.8. The van der Waals surface area contributed by atoms with Crippen molar-refractivity contribution in [2.24, 2.45) is 23.7 Å². The first-order valence-electron chi connectivity index (χ1n) is 8.82. The molecule has 0 aromatic heterocycles. The van der Waals surface area contributed by atoms with Crippen LogP contribution < -0.4 is 0 Å². The van der Waals surface area contributed by atoms with Crippen molar-refractivity contribution in [2.75, 3.05) is 5.75 Å². The summed E-state index contributed by atoms with van der Waals surface area (Å²) in [5, 5.41) is 0. The minimum atomic E-state index is -0.653. The van der Waals surface area contributed by atoms with E-state index in [-0.39, 0.29) is 11.7 Å². The van der Waals surface area contributed by atoms with Crippen molar-refractivity contribution in [1.29, 1.82) is 0 Å². The van der Waals surface area contributed by atoms with Gasteiger partial charge in [-0.2, -0.15) is 0 Å². The third-order valence-corrected chi connectivity index (χ3v) is 7.63. The predicted octanol–water partition coefficient (Wildman–Crippen LogP) is 3.95. The molecule has 2 bridgehead atoms. The van der Waals surface area contributed by atoms with Gasteiger partial charge in [0.1, 0.15) is 5.44 Å². The quantitative estimate of drug-likeness (QED) is 0.718. The standard InChI is InChI=1S/C17H28O4S/c1-5-22-14-11(3)13-7-6-10(2)12-8-9-16(4)19-15(18-14)17(12,13)21-20-16/h10-15H,5-9H2,1-4H3/t10-,11-,12+,13+,14+,15-,16-,17-/m1/s1. The van der Waals surface area contributed by atoms with Gasteiger partial charge in [0, 0.05) is 12.3 Å². The molecule has 5 heteroatoms. The second kappa shape index (κ2) is 5.35. The van der Waals surface area contributed by atoms with Crippen molar-refractivity contribution in [3.63, 3.8) is 0 Å². The second-order valence-electron chi connectivity index (χ2n) is 7.73. The largest absolute Gasteiger partial charge is 0.335 e. The van der Waals surface area contributed by atoms with Gasteiger partial charge in [0.2, 0.25) is 5.79 Å². The SMILES string of the molecule is CCS[C@@H]1O[C@@H]2O[C@@]3(C)CC[C@H]4[C@H](C)CC[C@@H]([C@H]1C)[C@@]24OO3. The molecule has 1 aliphatic carbocycles. The zero-order chi connectivity index (χ0) is 15.5. The van der Waals surface area contributed by atoms with Crippen molar-refractivity contribution in [1.82, 2.24) is 0 Å². The average molecular weight is 328 g/mol. The summed E-state index contributed by atoms with van der Waals surface area (Å²) >= 11 is 1.89. The highest BCUT2D eigenvalue weighted by Gasteiger charge is 2.69. The number of hydrogen-bond acceptors (Lipinski definition) is 5. The normalized spacial score (nSPS) is 57.3. The summed E-state index contributed by atoms with van der Waals surface area (Å²) in [5.74, 6) is 2.44. The fraction of sp³-hybridized carbons (Fsp3) is 1.00. The van der Waals surface area contributed by atoms with E-state index < -0.39 is 11.4 Å². The number of hydrogen-bond donors (Lipinski definition) is 0. The lowest BCUT2D eigenvalue weighted by Crippen LogP contribution is -2.70. The number of ether oxygens (including phenoxy) is 2. The van der Waals surface area contributed by atoms with E-state index in [0.29, 0.717) is 23.7 Å². The Balaban J connectivity index is 1.75. The molecule has 0 aromatic rings. The maximum atomic E-state index is 6.43. The van der Waals surface area contributed by atoms with Crippen molar-refractivity contribution in [3.8, 4) is 0 Å². The summed E-state index contributed by atoms with van der Waals surface area (Å²) in [6.45, 7) is 8.85. The molecular weight excluding hydrogens is 300 g/mol. The van der Waals surface area contributed by atoms with E-state index in [9.17, 15) is 0 Å². The van der Waals surface area contributed by atoms with Crippen LogP contribution in [0.25, 0.3) is 0 Å². The summed E-state index contributed by atoms with van der Waals surface area (Å²) in [6.07, 6.45) is 4.16. The van der Waals surface area contributed by atoms with Gasteiger partial charge in [-0.1, -0.05) is 20.8 Å². The van der Waals surface area contributed by atoms with E-state index in [4.69, 9.17) is 19.2 Å². The molecule has 0 radical (unpaired) electrons. The van der Waals surface area contributed by atoms with Crippen LogP contribution in [-0.2, 0) is 19.2 Å². The highest BCUT2D eigenvalue weighted by atomic mass is 32.2. The Morgan fingerprint density at radius 3 is 2.68 bits per heavy atom. The Labute approximate surface area is 137 Å². The second-order valence-corrected chi connectivity index (χ2v) is 9.10. The molecule has 4 heterocycles. The van der Waals surface area contributed by atoms with Crippen LogP contribution in [0.2, 0.25) is 0 Å². The lowest BCUT2D eigenvalue weighted by atomic mass is 9.58. The molecule has 4 nitrogen and oxygen atoms in total. The van der Waals surface area contributed by atoms with Crippen LogP contribution in [0.15, 0.2) is 0 Å². The molecule has 126 valence electrons. The number of fused-ring (bicyclic) bond motifs is 2. The first kappa shape index (κ1) is 15.7. The lowest BCUT2D eigenvalue weighted by molar-refractivity contribution is -0.568. The molecule has 22 heavy (non-hydrogen) atoms. The Bertz CT molecular complexity index is 446. The van der Waals surface area contributed by atoms with E-state index in [1.54, 1.807) is 0 Å². The van der Waals surface area contributed by atoms with Crippen LogP contribution in [0, 0.1) is 23.7 Å². The van der Waals surface area contributed by atoms with Crippen LogP contribution in [0.5, 0.6) is 0 Å². The lowest BCUT2D eigenvalue weighted by Gasteiger charge is -2.60. The monoisotopic (exact) mass is 328 g/mol. The molecule has 5 aliphatic rings. The van der Waals surface area contributed by atoms with E-state index in [1.165, 1.54) is 12.8 Å². The smallest absolute Gasteiger partial charge is 0.201 e. The third-order valence-electron chi connectivity index (χ3n) is 6.43. The zero-order valence-corrected chi connectivity index (χ0v) is 14.9. The van der Waals surface area contributed by atoms with Crippen LogP contribution in [0.3, 0.4) is 0 Å². The minimum absolute atomic E-state index is 0.200. The predicted molar refractivity (Wildman–Crippen MR) is 85.0 cm³/mol. The molecule has 5 rings (SSSR count). The summed E-state index contributed by atoms with van der Waals surface area (Å²) in [7, 11) is 0. The van der Waals surface area contributed by atoms with Crippen LogP contribution in [0.4, 0.5) is 0 Å². The Morgan fingerprint density at radius 1 is 1.09 bits per heavy atom. The molecule has 8 atom stereocenters. The van der Waals surface area contributed by atoms with Gasteiger partial charge in [0.25, 0.3) is 0 Å². The summed E-state index contributed by atoms with van der Waals surface area (Å²) in [4.78, 5) is 11.9. The third kappa shape index (κ3) is 2.05. The Hall–Kier alpha value is 0.190. The van der Waals surface area contributed by atoms with Gasteiger partial charge in [0.05, 0.1) is 0 Å². The maximum absolute atomic E-state index is 6.43. The highest BCUT2D eigenvalue weighted by Crippen LogP contribution is 2.61. The number of rotatable bonds is 2. The summed E-state index contributed by atoms with van der Waals surface area (Å²) in [6, 6.07) is 0. The molecule has 0 aromatic carbocycles. The first-order valence-corrected chi connectivity index (χ1v) is 9.87. The highest BCUT2D eigenvalue weighted by molar-refractivity contribution is 7.99. The van der Waals surface area contributed by atoms with Crippen LogP contribution >= 0.6 is 11.8 Å². The zero-order valence-electron chi connectivity index (χ0n) is 14.0. The van der Waals surface area contributed by atoms with Gasteiger partial charge in [0.15, 0.2) is 11.9 Å². The average Bonchev–Trinajstić information content (AvgIpc) is 2.71. The fourth-order valence-electron chi connectivity index (χ4n) is 5.23. The Kier molecular flexibility index (Phi) is 3.82. The summed E-state index contributed by atoms with van der Waals surface area (Å²) in [5.41, 5.74) is -0.205. The Morgan fingerprint density at radius 2 is 1.91 bits per heavy atom. The molecule has 1 saturated carbocycles.